The molecule has 2 aromatic carbocycles. The van der Waals surface area contributed by atoms with Crippen LogP contribution in [0.5, 0.6) is 0 Å². The first kappa shape index (κ1) is 31.0. The molecule has 2 aliphatic rings. The highest BCUT2D eigenvalue weighted by Crippen LogP contribution is 2.47. The Morgan fingerprint density at radius 2 is 1.56 bits per heavy atom. The quantitative estimate of drug-likeness (QED) is 0.433. The largest absolute Gasteiger partial charge is 0.307 e. The van der Waals surface area contributed by atoms with E-state index in [-0.39, 0.29) is 37.1 Å². The minimum absolute atomic E-state index is 0. The standard InChI is InChI=1S/C25H30N4O2.2C2H6.CH4/c1-16(14-25(3,4)17(2)30)24(31)29-15-18-10-6-7-11-19(18)23-22(26-27-28(23)5)20-12-8-9-13-21(20)29;2*1-2;/h6-13,16,22-23H,14-15H2,1-5H3;2*1-2H3;1H4. The fraction of sp³-hybridized carbons (Fsp3) is 0.533. The lowest BCUT2D eigenvalue weighted by Crippen LogP contribution is -2.39. The summed E-state index contributed by atoms with van der Waals surface area (Å²) in [7, 11) is 1.95. The van der Waals surface area contributed by atoms with Gasteiger partial charge < -0.3 is 4.90 Å². The number of hydrogen-bond acceptors (Lipinski definition) is 5. The number of carbonyl (C=O) groups excluding carboxylic acids is 2. The molecule has 6 nitrogen and oxygen atoms in total. The zero-order valence-corrected chi connectivity index (χ0v) is 22.9. The predicted molar refractivity (Wildman–Crippen MR) is 150 cm³/mol. The Bertz CT molecular complexity index is 1050. The van der Waals surface area contributed by atoms with Crippen molar-refractivity contribution >= 4 is 17.4 Å². The van der Waals surface area contributed by atoms with Crippen molar-refractivity contribution < 1.29 is 9.59 Å². The minimum atomic E-state index is -0.539. The molecule has 0 bridgehead atoms. The van der Waals surface area contributed by atoms with Gasteiger partial charge in [0.05, 0.1) is 6.54 Å². The summed E-state index contributed by atoms with van der Waals surface area (Å²) in [5, 5.41) is 10.8. The number of fused-ring (bicyclic) bond motifs is 5. The molecule has 0 radical (unpaired) electrons. The molecule has 0 spiro atoms. The molecule has 0 fully saturated rings. The van der Waals surface area contributed by atoms with E-state index in [9.17, 15) is 9.59 Å². The van der Waals surface area contributed by atoms with Gasteiger partial charge in [-0.15, -0.1) is 0 Å². The van der Waals surface area contributed by atoms with Gasteiger partial charge in [0, 0.05) is 29.6 Å². The normalized spacial score (nSPS) is 18.4. The number of likely N-dealkylation sites (N-methyl/N-ethyl adjacent to an activating group) is 1. The topological polar surface area (TPSA) is 65.3 Å². The fourth-order valence-corrected chi connectivity index (χ4v) is 4.73. The Hall–Kier alpha value is -3.02. The average molecular weight is 495 g/mol. The van der Waals surface area contributed by atoms with Crippen molar-refractivity contribution in [2.24, 2.45) is 21.7 Å². The maximum absolute atomic E-state index is 13.7. The number of ketones is 1. The van der Waals surface area contributed by atoms with Gasteiger partial charge in [0.25, 0.3) is 0 Å². The van der Waals surface area contributed by atoms with Gasteiger partial charge in [-0.1, -0.05) is 104 Å². The Balaban J connectivity index is 0.00000123. The predicted octanol–water partition coefficient (Wildman–Crippen LogP) is 7.96. The third-order valence-electron chi connectivity index (χ3n) is 6.72. The van der Waals surface area contributed by atoms with Crippen LogP contribution in [0.3, 0.4) is 0 Å². The van der Waals surface area contributed by atoms with Crippen molar-refractivity contribution in [3.8, 4) is 0 Å². The number of anilines is 1. The summed E-state index contributed by atoms with van der Waals surface area (Å²) < 4.78 is 0. The summed E-state index contributed by atoms with van der Waals surface area (Å²) in [5.41, 5.74) is 3.57. The zero-order chi connectivity index (χ0) is 26.3. The van der Waals surface area contributed by atoms with Crippen LogP contribution in [0.2, 0.25) is 0 Å². The van der Waals surface area contributed by atoms with Crippen LogP contribution in [0.15, 0.2) is 58.9 Å². The smallest absolute Gasteiger partial charge is 0.230 e. The second kappa shape index (κ2) is 13.3. The van der Waals surface area contributed by atoms with Gasteiger partial charge in [0.1, 0.15) is 17.9 Å². The highest BCUT2D eigenvalue weighted by atomic mass is 16.2. The highest BCUT2D eigenvalue weighted by molar-refractivity contribution is 5.96. The van der Waals surface area contributed by atoms with Gasteiger partial charge in [-0.3, -0.25) is 14.6 Å². The summed E-state index contributed by atoms with van der Waals surface area (Å²) in [6.45, 7) is 15.8. The number of amides is 1. The third kappa shape index (κ3) is 6.21. The summed E-state index contributed by atoms with van der Waals surface area (Å²) in [6.07, 6.45) is 0.510. The molecular weight excluding hydrogens is 448 g/mol. The van der Waals surface area contributed by atoms with Crippen molar-refractivity contribution in [1.82, 2.24) is 5.01 Å². The van der Waals surface area contributed by atoms with Crippen molar-refractivity contribution in [3.05, 3.63) is 65.2 Å². The van der Waals surface area contributed by atoms with Gasteiger partial charge in [-0.2, -0.15) is 5.11 Å². The van der Waals surface area contributed by atoms with Crippen molar-refractivity contribution in [2.75, 3.05) is 11.9 Å². The molecule has 0 saturated heterocycles. The highest BCUT2D eigenvalue weighted by Gasteiger charge is 2.40. The first-order valence-electron chi connectivity index (χ1n) is 12.8. The molecule has 4 rings (SSSR count). The van der Waals surface area contributed by atoms with Crippen LogP contribution in [0.4, 0.5) is 5.69 Å². The second-order valence-electron chi connectivity index (χ2n) is 9.40. The van der Waals surface area contributed by atoms with E-state index < -0.39 is 5.41 Å². The molecule has 198 valence electrons. The lowest BCUT2D eigenvalue weighted by atomic mass is 9.79. The van der Waals surface area contributed by atoms with E-state index in [2.05, 4.69) is 22.5 Å². The minimum Gasteiger partial charge on any atom is -0.307 e. The molecule has 36 heavy (non-hydrogen) atoms. The molecule has 2 heterocycles. The van der Waals surface area contributed by atoms with Crippen LogP contribution in [0.1, 0.15) is 98.0 Å². The number of rotatable bonds is 4. The number of carbonyl (C=O) groups is 2. The Morgan fingerprint density at radius 3 is 2.17 bits per heavy atom. The maximum atomic E-state index is 13.7. The zero-order valence-electron chi connectivity index (χ0n) is 22.9. The van der Waals surface area contributed by atoms with Crippen molar-refractivity contribution in [1.29, 1.82) is 0 Å². The SMILES string of the molecule is C.CC.CC.CC(=O)C(C)(C)CC(C)C(=O)N1Cc2ccccc2C2C(N=NN2C)c2ccccc21. The molecule has 1 amide bonds. The van der Waals surface area contributed by atoms with Crippen LogP contribution in [0.25, 0.3) is 0 Å². The molecule has 0 aliphatic carbocycles. The fourth-order valence-electron chi connectivity index (χ4n) is 4.73. The monoisotopic (exact) mass is 494 g/mol. The molecule has 2 aromatic rings. The number of para-hydroxylation sites is 1. The van der Waals surface area contributed by atoms with Crippen molar-refractivity contribution in [2.45, 2.75) is 87.9 Å². The van der Waals surface area contributed by atoms with E-state index in [1.807, 2.05) is 102 Å². The Morgan fingerprint density at radius 1 is 1.00 bits per heavy atom. The van der Waals surface area contributed by atoms with Crippen LogP contribution >= 0.6 is 0 Å². The summed E-state index contributed by atoms with van der Waals surface area (Å²) in [5.74, 6) is -0.164. The van der Waals surface area contributed by atoms with Gasteiger partial charge in [-0.05, 0) is 30.5 Å². The van der Waals surface area contributed by atoms with E-state index in [0.29, 0.717) is 13.0 Å². The van der Waals surface area contributed by atoms with Gasteiger partial charge >= 0.3 is 0 Å². The number of hydrogen-bond donors (Lipinski definition) is 0. The maximum Gasteiger partial charge on any atom is 0.230 e. The average Bonchev–Trinajstić information content (AvgIpc) is 3.24. The van der Waals surface area contributed by atoms with Gasteiger partial charge in [0.2, 0.25) is 5.91 Å². The molecule has 3 atom stereocenters. The molecule has 3 unspecified atom stereocenters. The van der Waals surface area contributed by atoms with Gasteiger partial charge in [0.15, 0.2) is 0 Å². The Labute approximate surface area is 218 Å². The first-order chi connectivity index (χ1) is 16.7. The molecule has 2 aliphatic heterocycles. The number of Topliss-reactive ketones (excluding diaryl/α,β-unsaturated/α-hetero) is 1. The van der Waals surface area contributed by atoms with Crippen LogP contribution in [-0.4, -0.2) is 23.7 Å². The Kier molecular flexibility index (Phi) is 11.5. The number of nitrogens with zero attached hydrogens (tertiary/aromatic N) is 4. The molecule has 0 aromatic heterocycles. The molecule has 6 heteroatoms. The summed E-state index contributed by atoms with van der Waals surface area (Å²) >= 11 is 0. The van der Waals surface area contributed by atoms with E-state index in [1.54, 1.807) is 6.92 Å². The number of benzene rings is 2. The van der Waals surface area contributed by atoms with E-state index in [0.717, 1.165) is 22.4 Å². The first-order valence-corrected chi connectivity index (χ1v) is 12.8. The van der Waals surface area contributed by atoms with E-state index in [4.69, 9.17) is 0 Å². The molecule has 0 N–H and O–H groups in total. The third-order valence-corrected chi connectivity index (χ3v) is 6.72. The summed E-state index contributed by atoms with van der Waals surface area (Å²) in [4.78, 5) is 27.7. The van der Waals surface area contributed by atoms with E-state index in [1.165, 1.54) is 0 Å². The van der Waals surface area contributed by atoms with Crippen LogP contribution in [-0.2, 0) is 16.1 Å². The van der Waals surface area contributed by atoms with Crippen molar-refractivity contribution in [3.63, 3.8) is 0 Å². The van der Waals surface area contributed by atoms with Crippen LogP contribution < -0.4 is 4.90 Å². The lowest BCUT2D eigenvalue weighted by Gasteiger charge is -2.36. The second-order valence-corrected chi connectivity index (χ2v) is 9.40. The van der Waals surface area contributed by atoms with Gasteiger partial charge in [-0.25, -0.2) is 0 Å². The molecular formula is C30H46N4O2. The van der Waals surface area contributed by atoms with E-state index >= 15 is 0 Å². The van der Waals surface area contributed by atoms with Crippen LogP contribution in [0, 0.1) is 11.3 Å². The lowest BCUT2D eigenvalue weighted by molar-refractivity contribution is -0.128. The summed E-state index contributed by atoms with van der Waals surface area (Å²) in [6, 6.07) is 16.0. The molecule has 0 saturated carbocycles.